The molecular formula is C58H72F6N6O5+2. The van der Waals surface area contributed by atoms with E-state index in [1.54, 1.807) is 59.0 Å². The third-order valence-electron chi connectivity index (χ3n) is 15.9. The SMILES string of the molecule is CC(C)[C@@H]1CC[C@@H](C)C[C@H]1OC(=O)[C@@H](C)n1c(-c2ccc(N(C)O[C@H](C(=O)O[C@@H]3C[C@H](C)CC[C@H]3C(C)C)n3c(-c4ccc(N(C)C)c(C(F)(F)F)c4)[n+](C)c4ccccc43)c(C(F)(F)F)c2)[n+](C)c2ccccc21. The largest absolute Gasteiger partial charge is 0.459 e. The fraction of sp³-hybridized carbons (Fsp3) is 0.517. The molecule has 0 N–H and O–H groups in total. The molecule has 17 heteroatoms. The number of nitrogens with zero attached hydrogens (tertiary/aromatic N) is 6. The highest BCUT2D eigenvalue weighted by molar-refractivity contribution is 5.84. The summed E-state index contributed by atoms with van der Waals surface area (Å²) in [5.74, 6) is 0.121. The summed E-state index contributed by atoms with van der Waals surface area (Å²) in [7, 11) is 7.65. The van der Waals surface area contributed by atoms with Gasteiger partial charge >= 0.3 is 30.5 Å². The molecule has 2 aromatic heterocycles. The summed E-state index contributed by atoms with van der Waals surface area (Å²) in [5, 5.41) is 0.878. The minimum atomic E-state index is -4.99. The van der Waals surface area contributed by atoms with Gasteiger partial charge in [0.25, 0.3) is 11.6 Å². The molecule has 2 aliphatic carbocycles. The number of halogens is 6. The van der Waals surface area contributed by atoms with Crippen LogP contribution in [-0.2, 0) is 50.3 Å². The zero-order valence-electron chi connectivity index (χ0n) is 45.1. The van der Waals surface area contributed by atoms with Crippen LogP contribution in [-0.4, -0.2) is 54.4 Å². The van der Waals surface area contributed by atoms with Gasteiger partial charge in [0.2, 0.25) is 0 Å². The smallest absolute Gasteiger partial charge is 0.418 e. The molecule has 0 saturated heterocycles. The molecule has 2 aliphatic rings. The van der Waals surface area contributed by atoms with Crippen molar-refractivity contribution in [3.8, 4) is 22.8 Å². The van der Waals surface area contributed by atoms with Gasteiger partial charge in [-0.2, -0.15) is 30.9 Å². The molecule has 11 nitrogen and oxygen atoms in total. The normalized spacial score (nSPS) is 21.4. The molecule has 8 rings (SSSR count). The Morgan fingerprint density at radius 1 is 0.600 bits per heavy atom. The first kappa shape index (κ1) is 55.1. The number of carbonyl (C=O) groups is 2. The van der Waals surface area contributed by atoms with E-state index in [9.17, 15) is 18.0 Å². The van der Waals surface area contributed by atoms with Crippen LogP contribution in [0.15, 0.2) is 84.9 Å². The molecule has 2 fully saturated rings. The van der Waals surface area contributed by atoms with Crippen molar-refractivity contribution in [3.05, 3.63) is 96.1 Å². The fourth-order valence-corrected chi connectivity index (χ4v) is 11.9. The number of fused-ring (bicyclic) bond motifs is 2. The highest BCUT2D eigenvalue weighted by Crippen LogP contribution is 2.44. The predicted molar refractivity (Wildman–Crippen MR) is 277 cm³/mol. The quantitative estimate of drug-likeness (QED) is 0.0465. The van der Waals surface area contributed by atoms with Gasteiger partial charge in [-0.1, -0.05) is 78.6 Å². The van der Waals surface area contributed by atoms with Crippen LogP contribution in [0.3, 0.4) is 0 Å². The number of hydrogen-bond acceptors (Lipinski definition) is 7. The maximum atomic E-state index is 15.8. The lowest BCUT2D eigenvalue weighted by Crippen LogP contribution is -2.40. The van der Waals surface area contributed by atoms with Crippen LogP contribution in [0.1, 0.15) is 110 Å². The number of anilines is 2. The van der Waals surface area contributed by atoms with Crippen LogP contribution in [0.2, 0.25) is 0 Å². The Kier molecular flexibility index (Phi) is 15.8. The predicted octanol–water partition coefficient (Wildman–Crippen LogP) is 12.8. The second kappa shape index (κ2) is 21.5. The lowest BCUT2D eigenvalue weighted by atomic mass is 9.75. The molecule has 0 unspecified atom stereocenters. The molecule has 0 radical (unpaired) electrons. The summed E-state index contributed by atoms with van der Waals surface area (Å²) in [6, 6.07) is 20.8. The third kappa shape index (κ3) is 11.0. The summed E-state index contributed by atoms with van der Waals surface area (Å²) >= 11 is 0. The number of ether oxygens (including phenoxy) is 2. The van der Waals surface area contributed by atoms with Crippen molar-refractivity contribution >= 4 is 45.4 Å². The summed E-state index contributed by atoms with van der Waals surface area (Å²) < 4.78 is 111. The number of aryl methyl sites for hydroxylation is 2. The van der Waals surface area contributed by atoms with Crippen molar-refractivity contribution in [1.29, 1.82) is 0 Å². The van der Waals surface area contributed by atoms with Crippen LogP contribution in [0.25, 0.3) is 44.8 Å². The first-order valence-corrected chi connectivity index (χ1v) is 26.2. The molecule has 0 bridgehead atoms. The topological polar surface area (TPSA) is 85.9 Å². The first-order chi connectivity index (χ1) is 35.3. The van der Waals surface area contributed by atoms with Crippen molar-refractivity contribution in [1.82, 2.24) is 9.13 Å². The van der Waals surface area contributed by atoms with Crippen molar-refractivity contribution < 1.29 is 59.4 Å². The number of alkyl halides is 6. The lowest BCUT2D eigenvalue weighted by Gasteiger charge is -2.37. The van der Waals surface area contributed by atoms with Gasteiger partial charge in [-0.3, -0.25) is 5.06 Å². The second-order valence-corrected chi connectivity index (χ2v) is 22.1. The molecule has 8 atom stereocenters. The standard InChI is InChI=1S/C58H72F6N6O5/c1-33(2)40-25-21-35(5)29-50(40)73-55(71)37(7)69-48-19-15-13-17-46(48)66(10)52(69)38-24-28-45(43(32-38)58(62,63)64)68(12)75-54(56(72)74-51-30-36(6)22-26-41(51)34(3)4)70-49-20-16-14-18-47(49)67(11)53(70)39-23-27-44(65(8)9)42(31-39)57(59,60)61/h13-20,23-24,27-28,31-37,40-41,50-51,54H,21-22,25-26,29-30H2,1-12H3/q+2/t35-,36-,37-,40+,41+,50-,51-,54-/m1/s1. The van der Waals surface area contributed by atoms with Crippen LogP contribution in [0.4, 0.5) is 37.7 Å². The summed E-state index contributed by atoms with van der Waals surface area (Å²) in [4.78, 5) is 37.4. The number of hydrogen-bond donors (Lipinski definition) is 0. The molecule has 2 heterocycles. The Bertz CT molecular complexity index is 3050. The summed E-state index contributed by atoms with van der Waals surface area (Å²) in [6.07, 6.45) is -7.59. The number of carbonyl (C=O) groups excluding carboxylic acids is 2. The van der Waals surface area contributed by atoms with Gasteiger partial charge in [0.15, 0.2) is 28.1 Å². The molecule has 4 aromatic carbocycles. The van der Waals surface area contributed by atoms with Gasteiger partial charge in [-0.25, -0.2) is 28.1 Å². The van der Waals surface area contributed by atoms with Crippen LogP contribution in [0.5, 0.6) is 0 Å². The van der Waals surface area contributed by atoms with Crippen molar-refractivity contribution in [2.45, 2.75) is 124 Å². The molecule has 2 saturated carbocycles. The lowest BCUT2D eigenvalue weighted by molar-refractivity contribution is -0.634. The van der Waals surface area contributed by atoms with Gasteiger partial charge in [-0.15, -0.1) is 0 Å². The Labute approximate surface area is 435 Å². The molecule has 75 heavy (non-hydrogen) atoms. The molecule has 0 aliphatic heterocycles. The maximum Gasteiger partial charge on any atom is 0.418 e. The number of para-hydroxylation sites is 4. The van der Waals surface area contributed by atoms with E-state index in [0.717, 1.165) is 49.3 Å². The number of esters is 2. The van der Waals surface area contributed by atoms with Gasteiger partial charge in [-0.05, 0) is 129 Å². The Morgan fingerprint density at radius 2 is 1.03 bits per heavy atom. The fourth-order valence-electron chi connectivity index (χ4n) is 11.9. The van der Waals surface area contributed by atoms with Gasteiger partial charge in [0.05, 0.1) is 42.0 Å². The minimum absolute atomic E-state index is 0.0350. The average Bonchev–Trinajstić information content (AvgIpc) is 3.81. The van der Waals surface area contributed by atoms with Gasteiger partial charge in [0, 0.05) is 26.8 Å². The van der Waals surface area contributed by atoms with Crippen molar-refractivity contribution in [2.24, 2.45) is 49.6 Å². The number of imidazole rings is 2. The number of benzene rings is 4. The molecule has 0 amide bonds. The first-order valence-electron chi connectivity index (χ1n) is 26.2. The van der Waals surface area contributed by atoms with E-state index in [2.05, 4.69) is 27.7 Å². The zero-order chi connectivity index (χ0) is 54.6. The van der Waals surface area contributed by atoms with Crippen LogP contribution in [0, 0.1) is 35.5 Å². The van der Waals surface area contributed by atoms with Crippen LogP contribution < -0.4 is 19.1 Å². The zero-order valence-corrected chi connectivity index (χ0v) is 45.1. The highest BCUT2D eigenvalue weighted by Gasteiger charge is 2.45. The summed E-state index contributed by atoms with van der Waals surface area (Å²) in [5.41, 5.74) is -0.246. The highest BCUT2D eigenvalue weighted by atomic mass is 19.4. The third-order valence-corrected chi connectivity index (χ3v) is 15.9. The van der Waals surface area contributed by atoms with E-state index in [0.29, 0.717) is 40.2 Å². The monoisotopic (exact) mass is 1050 g/mol. The van der Waals surface area contributed by atoms with E-state index in [1.165, 1.54) is 54.9 Å². The number of hydroxylamine groups is 1. The molecule has 6 aromatic rings. The minimum Gasteiger partial charge on any atom is -0.459 e. The number of rotatable bonds is 14. The molecule has 404 valence electrons. The van der Waals surface area contributed by atoms with Gasteiger partial charge in [0.1, 0.15) is 12.2 Å². The van der Waals surface area contributed by atoms with Crippen molar-refractivity contribution in [3.63, 3.8) is 0 Å². The average molecular weight is 1050 g/mol. The Hall–Kier alpha value is -6.10. The second-order valence-electron chi connectivity index (χ2n) is 22.1. The number of aromatic nitrogens is 4. The maximum absolute atomic E-state index is 15.8. The summed E-state index contributed by atoms with van der Waals surface area (Å²) in [6.45, 7) is 14.3. The van der Waals surface area contributed by atoms with Crippen molar-refractivity contribution in [2.75, 3.05) is 31.1 Å². The van der Waals surface area contributed by atoms with Crippen LogP contribution >= 0.6 is 0 Å². The van der Waals surface area contributed by atoms with E-state index in [4.69, 9.17) is 14.3 Å². The molecule has 0 spiro atoms. The van der Waals surface area contributed by atoms with E-state index >= 15 is 18.0 Å². The van der Waals surface area contributed by atoms with E-state index in [1.807, 2.05) is 38.1 Å². The van der Waals surface area contributed by atoms with E-state index in [-0.39, 0.29) is 58.3 Å². The van der Waals surface area contributed by atoms with E-state index < -0.39 is 59.5 Å². The molecular weight excluding hydrogens is 975 g/mol. The Balaban J connectivity index is 1.26. The Morgan fingerprint density at radius 3 is 1.49 bits per heavy atom. The van der Waals surface area contributed by atoms with Gasteiger partial charge < -0.3 is 14.4 Å².